The molecule has 0 unspecified atom stereocenters. The zero-order valence-corrected chi connectivity index (χ0v) is 12.5. The van der Waals surface area contributed by atoms with Gasteiger partial charge in [0.15, 0.2) is 0 Å². The van der Waals surface area contributed by atoms with E-state index in [0.717, 1.165) is 5.56 Å². The van der Waals surface area contributed by atoms with Gasteiger partial charge in [0.1, 0.15) is 5.75 Å². The first kappa shape index (κ1) is 16.8. The Hall–Kier alpha value is -2.30. The van der Waals surface area contributed by atoms with Gasteiger partial charge in [-0.15, -0.1) is 0 Å². The van der Waals surface area contributed by atoms with E-state index in [1.807, 2.05) is 6.07 Å². The number of hydrogen-bond donors (Lipinski definition) is 0. The summed E-state index contributed by atoms with van der Waals surface area (Å²) in [6.07, 6.45) is 1.49. The van der Waals surface area contributed by atoms with Gasteiger partial charge >= 0.3 is 11.9 Å². The number of rotatable bonds is 7. The maximum absolute atomic E-state index is 11.9. The summed E-state index contributed by atoms with van der Waals surface area (Å²) in [5.74, 6) is -0.309. The molecule has 0 amide bonds. The molecule has 0 saturated heterocycles. The number of benzene rings is 1. The number of methoxy groups -OCH3 is 1. The maximum atomic E-state index is 11.9. The predicted molar refractivity (Wildman–Crippen MR) is 78.9 cm³/mol. The molecule has 5 nitrogen and oxygen atoms in total. The Balaban J connectivity index is 3.00. The van der Waals surface area contributed by atoms with Gasteiger partial charge in [-0.3, -0.25) is 4.79 Å². The Bertz CT molecular complexity index is 519. The summed E-state index contributed by atoms with van der Waals surface area (Å²) in [6, 6.07) is 7.18. The third-order valence-electron chi connectivity index (χ3n) is 2.61. The molecule has 1 rings (SSSR count). The summed E-state index contributed by atoms with van der Waals surface area (Å²) >= 11 is 0. The van der Waals surface area contributed by atoms with Gasteiger partial charge in [0.05, 0.1) is 26.7 Å². The van der Waals surface area contributed by atoms with E-state index in [2.05, 4.69) is 0 Å². The van der Waals surface area contributed by atoms with Gasteiger partial charge in [-0.25, -0.2) is 4.79 Å². The van der Waals surface area contributed by atoms with Gasteiger partial charge in [0.2, 0.25) is 0 Å². The fourth-order valence-corrected chi connectivity index (χ4v) is 1.71. The summed E-state index contributed by atoms with van der Waals surface area (Å²) in [6.45, 7) is 3.95. The van der Waals surface area contributed by atoms with Crippen LogP contribution in [-0.4, -0.2) is 32.3 Å². The van der Waals surface area contributed by atoms with Crippen molar-refractivity contribution >= 4 is 18.0 Å². The highest BCUT2D eigenvalue weighted by Crippen LogP contribution is 2.17. The van der Waals surface area contributed by atoms with Crippen molar-refractivity contribution in [2.45, 2.75) is 20.3 Å². The highest BCUT2D eigenvalue weighted by Gasteiger charge is 2.16. The van der Waals surface area contributed by atoms with Crippen molar-refractivity contribution in [2.24, 2.45) is 0 Å². The number of esters is 2. The lowest BCUT2D eigenvalue weighted by atomic mass is 10.1. The molecule has 0 heterocycles. The van der Waals surface area contributed by atoms with Crippen molar-refractivity contribution in [2.75, 3.05) is 20.3 Å². The molecule has 0 bridgehead atoms. The third kappa shape index (κ3) is 5.69. The minimum absolute atomic E-state index is 0.121. The van der Waals surface area contributed by atoms with Gasteiger partial charge < -0.3 is 14.2 Å². The zero-order valence-electron chi connectivity index (χ0n) is 12.5. The molecule has 21 heavy (non-hydrogen) atoms. The molecule has 0 fully saturated rings. The third-order valence-corrected chi connectivity index (χ3v) is 2.61. The molecule has 0 aromatic heterocycles. The second kappa shape index (κ2) is 8.79. The van der Waals surface area contributed by atoms with Gasteiger partial charge in [0.25, 0.3) is 0 Å². The molecule has 0 radical (unpaired) electrons. The first-order chi connectivity index (χ1) is 10.1. The number of carbonyl (C=O) groups is 2. The monoisotopic (exact) mass is 292 g/mol. The average molecular weight is 292 g/mol. The predicted octanol–water partition coefficient (Wildman–Crippen LogP) is 2.59. The number of hydrogen-bond acceptors (Lipinski definition) is 5. The second-order valence-corrected chi connectivity index (χ2v) is 4.15. The summed E-state index contributed by atoms with van der Waals surface area (Å²) in [5, 5.41) is 0. The van der Waals surface area contributed by atoms with E-state index in [4.69, 9.17) is 14.2 Å². The van der Waals surface area contributed by atoms with E-state index >= 15 is 0 Å². The molecule has 1 aromatic rings. The standard InChI is InChI=1S/C16H20O5/c1-4-20-15(17)11-13(16(18)21-5-2)9-12-7-6-8-14(10-12)19-3/h6-10H,4-5,11H2,1-3H3. The van der Waals surface area contributed by atoms with Gasteiger partial charge in [0, 0.05) is 5.57 Å². The highest BCUT2D eigenvalue weighted by molar-refractivity contribution is 5.98. The van der Waals surface area contributed by atoms with Crippen LogP contribution in [-0.2, 0) is 19.1 Å². The normalized spacial score (nSPS) is 10.9. The fourth-order valence-electron chi connectivity index (χ4n) is 1.71. The van der Waals surface area contributed by atoms with E-state index < -0.39 is 11.9 Å². The fraction of sp³-hybridized carbons (Fsp3) is 0.375. The lowest BCUT2D eigenvalue weighted by molar-refractivity contribution is -0.145. The molecular formula is C16H20O5. The Morgan fingerprint density at radius 2 is 1.86 bits per heavy atom. The first-order valence-electron chi connectivity index (χ1n) is 6.78. The van der Waals surface area contributed by atoms with Gasteiger partial charge in [-0.05, 0) is 37.6 Å². The summed E-state index contributed by atoms with van der Waals surface area (Å²) in [5.41, 5.74) is 1.00. The van der Waals surface area contributed by atoms with Crippen LogP contribution in [0.5, 0.6) is 5.75 Å². The van der Waals surface area contributed by atoms with Crippen molar-refractivity contribution in [3.63, 3.8) is 0 Å². The molecule has 114 valence electrons. The molecule has 0 aliphatic carbocycles. The van der Waals surface area contributed by atoms with Crippen molar-refractivity contribution in [1.82, 2.24) is 0 Å². The van der Waals surface area contributed by atoms with Crippen LogP contribution >= 0.6 is 0 Å². The molecule has 0 N–H and O–H groups in total. The van der Waals surface area contributed by atoms with Crippen molar-refractivity contribution in [3.8, 4) is 5.75 Å². The lowest BCUT2D eigenvalue weighted by Crippen LogP contribution is -2.13. The molecule has 0 atom stereocenters. The zero-order chi connectivity index (χ0) is 15.7. The topological polar surface area (TPSA) is 61.8 Å². The quantitative estimate of drug-likeness (QED) is 0.571. The SMILES string of the molecule is CCOC(=O)CC(=Cc1cccc(OC)c1)C(=O)OCC. The lowest BCUT2D eigenvalue weighted by Gasteiger charge is -2.07. The van der Waals surface area contributed by atoms with Crippen LogP contribution in [0.15, 0.2) is 29.8 Å². The summed E-state index contributed by atoms with van der Waals surface area (Å²) in [7, 11) is 1.56. The number of ether oxygens (including phenoxy) is 3. The van der Waals surface area contributed by atoms with Gasteiger partial charge in [-0.2, -0.15) is 0 Å². The smallest absolute Gasteiger partial charge is 0.334 e. The van der Waals surface area contributed by atoms with Crippen molar-refractivity contribution in [1.29, 1.82) is 0 Å². The highest BCUT2D eigenvalue weighted by atomic mass is 16.5. The van der Waals surface area contributed by atoms with Crippen LogP contribution in [0.3, 0.4) is 0 Å². The van der Waals surface area contributed by atoms with Crippen LogP contribution < -0.4 is 4.74 Å². The Morgan fingerprint density at radius 3 is 2.48 bits per heavy atom. The van der Waals surface area contributed by atoms with Crippen LogP contribution in [0, 0.1) is 0 Å². The number of carbonyl (C=O) groups excluding carboxylic acids is 2. The second-order valence-electron chi connectivity index (χ2n) is 4.15. The van der Waals surface area contributed by atoms with Gasteiger partial charge in [-0.1, -0.05) is 12.1 Å². The molecular weight excluding hydrogens is 272 g/mol. The largest absolute Gasteiger partial charge is 0.497 e. The van der Waals surface area contributed by atoms with Crippen LogP contribution in [0.4, 0.5) is 0 Å². The average Bonchev–Trinajstić information content (AvgIpc) is 2.47. The minimum atomic E-state index is -0.520. The molecule has 0 spiro atoms. The van der Waals surface area contributed by atoms with Crippen LogP contribution in [0.1, 0.15) is 25.8 Å². The van der Waals surface area contributed by atoms with Crippen molar-refractivity contribution in [3.05, 3.63) is 35.4 Å². The molecule has 5 heteroatoms. The summed E-state index contributed by atoms with van der Waals surface area (Å²) < 4.78 is 15.0. The molecule has 0 aliphatic rings. The molecule has 0 aliphatic heterocycles. The maximum Gasteiger partial charge on any atom is 0.334 e. The first-order valence-corrected chi connectivity index (χ1v) is 6.78. The molecule has 1 aromatic carbocycles. The van der Waals surface area contributed by atoms with E-state index in [1.54, 1.807) is 45.2 Å². The minimum Gasteiger partial charge on any atom is -0.497 e. The Kier molecular flexibility index (Phi) is 7.01. The molecule has 0 saturated carbocycles. The summed E-state index contributed by atoms with van der Waals surface area (Å²) in [4.78, 5) is 23.5. The van der Waals surface area contributed by atoms with E-state index in [0.29, 0.717) is 5.75 Å². The van der Waals surface area contributed by atoms with E-state index in [1.165, 1.54) is 0 Å². The van der Waals surface area contributed by atoms with E-state index in [-0.39, 0.29) is 25.2 Å². The van der Waals surface area contributed by atoms with Crippen molar-refractivity contribution < 1.29 is 23.8 Å². The van der Waals surface area contributed by atoms with Crippen LogP contribution in [0.25, 0.3) is 6.08 Å². The Labute approximate surface area is 124 Å². The van der Waals surface area contributed by atoms with E-state index in [9.17, 15) is 9.59 Å². The Morgan fingerprint density at radius 1 is 1.14 bits per heavy atom. The van der Waals surface area contributed by atoms with Crippen LogP contribution in [0.2, 0.25) is 0 Å².